The number of aromatic nitrogens is 3. The van der Waals surface area contributed by atoms with E-state index in [0.717, 1.165) is 22.2 Å². The lowest BCUT2D eigenvalue weighted by Gasteiger charge is -2.08. The van der Waals surface area contributed by atoms with E-state index in [4.69, 9.17) is 4.84 Å². The third-order valence-electron chi connectivity index (χ3n) is 4.24. The van der Waals surface area contributed by atoms with Crippen molar-refractivity contribution >= 4 is 28.5 Å². The molecular formula is C18H16FN5O2. The zero-order chi connectivity index (χ0) is 18.3. The summed E-state index contributed by atoms with van der Waals surface area (Å²) < 4.78 is 13.0. The number of carbonyl (C=O) groups excluding carboxylic acids is 1. The first-order valence-electron chi connectivity index (χ1n) is 8.13. The van der Waals surface area contributed by atoms with Gasteiger partial charge in [-0.25, -0.2) is 9.37 Å². The maximum atomic E-state index is 13.0. The number of benzene rings is 1. The molecule has 0 radical (unpaired) electrons. The fourth-order valence-corrected chi connectivity index (χ4v) is 3.00. The molecule has 0 spiro atoms. The van der Waals surface area contributed by atoms with Crippen molar-refractivity contribution in [2.75, 3.05) is 5.32 Å². The van der Waals surface area contributed by atoms with Crippen molar-refractivity contribution in [1.29, 1.82) is 0 Å². The minimum absolute atomic E-state index is 0.302. The Balaban J connectivity index is 1.49. The molecule has 3 heterocycles. The van der Waals surface area contributed by atoms with Gasteiger partial charge in [0.15, 0.2) is 11.5 Å². The number of hydrogen-bond acceptors (Lipinski definition) is 5. The van der Waals surface area contributed by atoms with Gasteiger partial charge in [-0.15, -0.1) is 0 Å². The predicted octanol–water partition coefficient (Wildman–Crippen LogP) is 2.85. The molecule has 2 N–H and O–H groups in total. The normalized spacial score (nSPS) is 16.4. The Hall–Kier alpha value is -3.29. The van der Waals surface area contributed by atoms with Crippen LogP contribution in [-0.4, -0.2) is 32.9 Å². The van der Waals surface area contributed by atoms with Gasteiger partial charge in [-0.1, -0.05) is 17.3 Å². The summed E-state index contributed by atoms with van der Waals surface area (Å²) in [4.78, 5) is 22.1. The summed E-state index contributed by atoms with van der Waals surface area (Å²) in [5.41, 5.74) is 3.78. The molecule has 1 aliphatic heterocycles. The average molecular weight is 353 g/mol. The van der Waals surface area contributed by atoms with Crippen LogP contribution in [0.4, 0.5) is 10.2 Å². The third-order valence-corrected chi connectivity index (χ3v) is 4.24. The zero-order valence-electron chi connectivity index (χ0n) is 14.2. The number of nitrogens with zero attached hydrogens (tertiary/aromatic N) is 3. The second-order valence-electron chi connectivity index (χ2n) is 6.21. The SMILES string of the molecule is Cc1cc(C)c2c(NC(=O)C3CC(c4ccc(F)cc4)=NO3)n[nH]c2n1. The highest BCUT2D eigenvalue weighted by Gasteiger charge is 2.30. The number of halogens is 1. The summed E-state index contributed by atoms with van der Waals surface area (Å²) in [6.07, 6.45) is -0.462. The molecule has 1 aromatic carbocycles. The van der Waals surface area contributed by atoms with Crippen molar-refractivity contribution < 1.29 is 14.0 Å². The number of aryl methyl sites for hydroxylation is 2. The summed E-state index contributed by atoms with van der Waals surface area (Å²) in [6, 6.07) is 7.83. The Kier molecular flexibility index (Phi) is 3.87. The molecule has 2 aromatic heterocycles. The molecule has 132 valence electrons. The molecule has 26 heavy (non-hydrogen) atoms. The first kappa shape index (κ1) is 16.2. The second-order valence-corrected chi connectivity index (χ2v) is 6.21. The molecule has 1 amide bonds. The van der Waals surface area contributed by atoms with Crippen molar-refractivity contribution in [3.63, 3.8) is 0 Å². The highest BCUT2D eigenvalue weighted by Crippen LogP contribution is 2.25. The fourth-order valence-electron chi connectivity index (χ4n) is 3.00. The van der Waals surface area contributed by atoms with Crippen LogP contribution in [0.3, 0.4) is 0 Å². The first-order valence-corrected chi connectivity index (χ1v) is 8.13. The molecule has 1 aliphatic rings. The minimum atomic E-state index is -0.763. The van der Waals surface area contributed by atoms with E-state index in [1.165, 1.54) is 12.1 Å². The number of rotatable bonds is 3. The lowest BCUT2D eigenvalue weighted by molar-refractivity contribution is -0.125. The van der Waals surface area contributed by atoms with Gasteiger partial charge in [0.05, 0.1) is 11.1 Å². The number of carbonyl (C=O) groups is 1. The van der Waals surface area contributed by atoms with E-state index >= 15 is 0 Å². The van der Waals surface area contributed by atoms with Crippen LogP contribution in [0.1, 0.15) is 23.2 Å². The topological polar surface area (TPSA) is 92.3 Å². The molecule has 4 rings (SSSR count). The molecule has 0 aliphatic carbocycles. The Labute approximate surface area is 148 Å². The zero-order valence-corrected chi connectivity index (χ0v) is 14.2. The molecule has 0 bridgehead atoms. The van der Waals surface area contributed by atoms with Gasteiger partial charge < -0.3 is 10.2 Å². The fraction of sp³-hybridized carbons (Fsp3) is 0.222. The minimum Gasteiger partial charge on any atom is -0.382 e. The summed E-state index contributed by atoms with van der Waals surface area (Å²) in [5, 5.41) is 14.5. The van der Waals surface area contributed by atoms with Crippen molar-refractivity contribution in [3.05, 3.63) is 53.0 Å². The van der Waals surface area contributed by atoms with Gasteiger partial charge in [0, 0.05) is 12.1 Å². The molecule has 1 atom stereocenters. The lowest BCUT2D eigenvalue weighted by atomic mass is 10.0. The summed E-state index contributed by atoms with van der Waals surface area (Å²) in [6.45, 7) is 3.83. The number of pyridine rings is 1. The van der Waals surface area contributed by atoms with Gasteiger partial charge in [-0.2, -0.15) is 5.10 Å². The molecule has 0 saturated carbocycles. The van der Waals surface area contributed by atoms with E-state index in [1.807, 2.05) is 19.9 Å². The Morgan fingerprint density at radius 1 is 1.31 bits per heavy atom. The largest absolute Gasteiger partial charge is 0.382 e. The van der Waals surface area contributed by atoms with Crippen molar-refractivity contribution in [2.24, 2.45) is 5.16 Å². The van der Waals surface area contributed by atoms with Crippen molar-refractivity contribution in [3.8, 4) is 0 Å². The van der Waals surface area contributed by atoms with Crippen LogP contribution in [0.2, 0.25) is 0 Å². The number of amides is 1. The Morgan fingerprint density at radius 2 is 2.08 bits per heavy atom. The van der Waals surface area contributed by atoms with E-state index < -0.39 is 6.10 Å². The van der Waals surface area contributed by atoms with Gasteiger partial charge in [0.2, 0.25) is 6.10 Å². The average Bonchev–Trinajstić information content (AvgIpc) is 3.23. The van der Waals surface area contributed by atoms with E-state index in [2.05, 4.69) is 25.7 Å². The van der Waals surface area contributed by atoms with Gasteiger partial charge in [0.25, 0.3) is 5.91 Å². The van der Waals surface area contributed by atoms with Gasteiger partial charge >= 0.3 is 0 Å². The molecule has 1 unspecified atom stereocenters. The Morgan fingerprint density at radius 3 is 2.85 bits per heavy atom. The molecule has 0 fully saturated rings. The molecule has 8 heteroatoms. The molecule has 0 saturated heterocycles. The van der Waals surface area contributed by atoms with Gasteiger partial charge in [-0.3, -0.25) is 9.89 Å². The van der Waals surface area contributed by atoms with E-state index in [0.29, 0.717) is 23.6 Å². The number of oxime groups is 1. The number of fused-ring (bicyclic) bond motifs is 1. The van der Waals surface area contributed by atoms with E-state index in [1.54, 1.807) is 12.1 Å². The number of aromatic amines is 1. The van der Waals surface area contributed by atoms with E-state index in [-0.39, 0.29) is 11.7 Å². The highest BCUT2D eigenvalue weighted by atomic mass is 19.1. The monoisotopic (exact) mass is 353 g/mol. The summed E-state index contributed by atoms with van der Waals surface area (Å²) in [5.74, 6) is -0.264. The molecule has 3 aromatic rings. The predicted molar refractivity (Wildman–Crippen MR) is 94.4 cm³/mol. The van der Waals surface area contributed by atoms with Crippen LogP contribution >= 0.6 is 0 Å². The smallest absolute Gasteiger partial charge is 0.269 e. The number of hydrogen-bond donors (Lipinski definition) is 2. The summed E-state index contributed by atoms with van der Waals surface area (Å²) >= 11 is 0. The summed E-state index contributed by atoms with van der Waals surface area (Å²) in [7, 11) is 0. The van der Waals surface area contributed by atoms with E-state index in [9.17, 15) is 9.18 Å². The van der Waals surface area contributed by atoms with Crippen LogP contribution in [0.25, 0.3) is 11.0 Å². The standard InChI is InChI=1S/C18H16FN5O2/c1-9-7-10(2)20-16-15(9)17(23-22-16)21-18(25)14-8-13(24-26-14)11-3-5-12(19)6-4-11/h3-7,14H,8H2,1-2H3,(H2,20,21,22,23,25). The van der Waals surface area contributed by atoms with Crippen LogP contribution in [-0.2, 0) is 9.63 Å². The lowest BCUT2D eigenvalue weighted by Crippen LogP contribution is -2.28. The van der Waals surface area contributed by atoms with Gasteiger partial charge in [0.1, 0.15) is 5.82 Å². The number of anilines is 1. The number of H-pyrrole nitrogens is 1. The first-order chi connectivity index (χ1) is 12.5. The van der Waals surface area contributed by atoms with Crippen LogP contribution in [0.15, 0.2) is 35.5 Å². The van der Waals surface area contributed by atoms with Crippen LogP contribution in [0.5, 0.6) is 0 Å². The highest BCUT2D eigenvalue weighted by molar-refractivity contribution is 6.07. The molecule has 7 nitrogen and oxygen atoms in total. The Bertz CT molecular complexity index is 1030. The second kappa shape index (κ2) is 6.21. The van der Waals surface area contributed by atoms with Crippen molar-refractivity contribution in [2.45, 2.75) is 26.4 Å². The maximum Gasteiger partial charge on any atom is 0.269 e. The quantitative estimate of drug-likeness (QED) is 0.757. The third kappa shape index (κ3) is 2.90. The number of nitrogens with one attached hydrogen (secondary N) is 2. The van der Waals surface area contributed by atoms with Crippen LogP contribution in [0, 0.1) is 19.7 Å². The maximum absolute atomic E-state index is 13.0. The molecular weight excluding hydrogens is 337 g/mol. The van der Waals surface area contributed by atoms with Gasteiger partial charge in [-0.05, 0) is 43.2 Å². The van der Waals surface area contributed by atoms with Crippen LogP contribution < -0.4 is 5.32 Å². The van der Waals surface area contributed by atoms with Crippen molar-refractivity contribution in [1.82, 2.24) is 15.2 Å².